The molecule has 0 spiro atoms. The molecule has 1 aromatic carbocycles. The highest BCUT2D eigenvalue weighted by atomic mass is 79.9. The van der Waals surface area contributed by atoms with Crippen LogP contribution in [-0.4, -0.2) is 23.2 Å². The molecule has 0 fully saturated rings. The Morgan fingerprint density at radius 1 is 1.53 bits per heavy atom. The quantitative estimate of drug-likeness (QED) is 0.943. The maximum Gasteiger partial charge on any atom is 0.392 e. The zero-order valence-corrected chi connectivity index (χ0v) is 10.4. The van der Waals surface area contributed by atoms with Crippen molar-refractivity contribution in [3.05, 3.63) is 34.8 Å². The number of oxazole rings is 1. The minimum Gasteiger partial charge on any atom is -0.496 e. The molecule has 0 unspecified atom stereocenters. The van der Waals surface area contributed by atoms with Crippen molar-refractivity contribution in [1.82, 2.24) is 4.98 Å². The molecule has 1 heterocycles. The van der Waals surface area contributed by atoms with Crippen molar-refractivity contribution in [3.63, 3.8) is 0 Å². The number of rotatable bonds is 3. The van der Waals surface area contributed by atoms with Crippen LogP contribution in [0.15, 0.2) is 33.3 Å². The van der Waals surface area contributed by atoms with Crippen molar-refractivity contribution in [2.45, 2.75) is 0 Å². The van der Waals surface area contributed by atoms with Crippen LogP contribution in [0.5, 0.6) is 5.75 Å². The van der Waals surface area contributed by atoms with Crippen LogP contribution >= 0.6 is 15.9 Å². The molecule has 2 aromatic rings. The maximum absolute atomic E-state index is 10.6. The number of nitrogens with zero attached hydrogens (tertiary/aromatic N) is 1. The molecule has 0 aliphatic carbocycles. The summed E-state index contributed by atoms with van der Waals surface area (Å²) >= 11 is 3.34. The zero-order chi connectivity index (χ0) is 12.4. The lowest BCUT2D eigenvalue weighted by atomic mass is 10.2. The van der Waals surface area contributed by atoms with Crippen molar-refractivity contribution >= 4 is 21.9 Å². The largest absolute Gasteiger partial charge is 0.496 e. The monoisotopic (exact) mass is 297 g/mol. The van der Waals surface area contributed by atoms with E-state index >= 15 is 0 Å². The van der Waals surface area contributed by atoms with Crippen LogP contribution < -0.4 is 4.74 Å². The fraction of sp³-hybridized carbons (Fsp3) is 0.0909. The predicted molar refractivity (Wildman–Crippen MR) is 63.2 cm³/mol. The molecule has 0 aliphatic heterocycles. The van der Waals surface area contributed by atoms with Crippen molar-refractivity contribution in [2.24, 2.45) is 0 Å². The van der Waals surface area contributed by atoms with E-state index in [4.69, 9.17) is 14.3 Å². The van der Waals surface area contributed by atoms with Crippen LogP contribution in [0.1, 0.15) is 10.7 Å². The van der Waals surface area contributed by atoms with E-state index in [1.807, 2.05) is 0 Å². The first-order valence-corrected chi connectivity index (χ1v) is 5.44. The Morgan fingerprint density at radius 3 is 2.82 bits per heavy atom. The molecule has 0 saturated carbocycles. The number of carboxylic acid groups (broad SMARTS) is 1. The third-order valence-electron chi connectivity index (χ3n) is 2.12. The predicted octanol–water partition coefficient (Wildman–Crippen LogP) is 2.81. The zero-order valence-electron chi connectivity index (χ0n) is 8.81. The van der Waals surface area contributed by atoms with Crippen LogP contribution in [0.3, 0.4) is 0 Å². The first-order valence-electron chi connectivity index (χ1n) is 4.65. The molecule has 0 amide bonds. The average molecular weight is 298 g/mol. The summed E-state index contributed by atoms with van der Waals surface area (Å²) in [5.74, 6) is -0.437. The first-order chi connectivity index (χ1) is 8.11. The normalized spacial score (nSPS) is 10.2. The van der Waals surface area contributed by atoms with Gasteiger partial charge in [0.25, 0.3) is 0 Å². The highest BCUT2D eigenvalue weighted by Gasteiger charge is 2.13. The number of aromatic nitrogens is 1. The van der Waals surface area contributed by atoms with Crippen molar-refractivity contribution < 1.29 is 19.1 Å². The van der Waals surface area contributed by atoms with Crippen molar-refractivity contribution in [2.75, 3.05) is 7.11 Å². The summed E-state index contributed by atoms with van der Waals surface area (Å²) in [6.07, 6.45) is 1.37. The van der Waals surface area contributed by atoms with E-state index < -0.39 is 5.97 Å². The van der Waals surface area contributed by atoms with Crippen molar-refractivity contribution in [3.8, 4) is 17.1 Å². The lowest BCUT2D eigenvalue weighted by molar-refractivity contribution is 0.0654. The number of hydrogen-bond donors (Lipinski definition) is 1. The Kier molecular flexibility index (Phi) is 3.14. The van der Waals surface area contributed by atoms with E-state index in [1.165, 1.54) is 6.20 Å². The van der Waals surface area contributed by atoms with Gasteiger partial charge in [-0.25, -0.2) is 9.78 Å². The standard InChI is InChI=1S/C11H8BrNO4/c1-16-8-3-2-6(4-7(8)12)9-5-13-10(17-9)11(14)15/h2-5H,1H3,(H,14,15). The molecule has 0 bridgehead atoms. The van der Waals surface area contributed by atoms with Gasteiger partial charge < -0.3 is 14.3 Å². The second-order valence-electron chi connectivity index (χ2n) is 3.18. The summed E-state index contributed by atoms with van der Waals surface area (Å²) in [4.78, 5) is 14.3. The fourth-order valence-corrected chi connectivity index (χ4v) is 1.87. The fourth-order valence-electron chi connectivity index (χ4n) is 1.33. The molecule has 0 saturated heterocycles. The maximum atomic E-state index is 10.6. The minimum absolute atomic E-state index is 0.327. The SMILES string of the molecule is COc1ccc(-c2cnc(C(=O)O)o2)cc1Br. The van der Waals surface area contributed by atoms with E-state index in [0.717, 1.165) is 10.0 Å². The molecule has 0 aliphatic rings. The number of aromatic carboxylic acids is 1. The van der Waals surface area contributed by atoms with Gasteiger partial charge in [-0.2, -0.15) is 0 Å². The number of carbonyl (C=O) groups is 1. The number of halogens is 1. The topological polar surface area (TPSA) is 72.6 Å². The summed E-state index contributed by atoms with van der Waals surface area (Å²) in [5, 5.41) is 8.70. The molecular formula is C11H8BrNO4. The van der Waals surface area contributed by atoms with Crippen LogP contribution in [0.2, 0.25) is 0 Å². The van der Waals surface area contributed by atoms with Gasteiger partial charge in [-0.3, -0.25) is 0 Å². The Hall–Kier alpha value is -1.82. The van der Waals surface area contributed by atoms with E-state index in [-0.39, 0.29) is 5.89 Å². The summed E-state index contributed by atoms with van der Waals surface area (Å²) in [7, 11) is 1.57. The molecule has 1 N–H and O–H groups in total. The van der Waals surface area contributed by atoms with Gasteiger partial charge >= 0.3 is 11.9 Å². The van der Waals surface area contributed by atoms with Gasteiger partial charge in [-0.15, -0.1) is 0 Å². The number of ether oxygens (including phenoxy) is 1. The van der Waals surface area contributed by atoms with Gasteiger partial charge in [0.1, 0.15) is 5.75 Å². The second-order valence-corrected chi connectivity index (χ2v) is 4.04. The van der Waals surface area contributed by atoms with Gasteiger partial charge in [0.15, 0.2) is 5.76 Å². The summed E-state index contributed by atoms with van der Waals surface area (Å²) in [5.41, 5.74) is 0.720. The third kappa shape index (κ3) is 2.31. The number of benzene rings is 1. The molecule has 2 rings (SSSR count). The molecule has 0 radical (unpaired) electrons. The van der Waals surface area contributed by atoms with Crippen LogP contribution in [0, 0.1) is 0 Å². The summed E-state index contributed by atoms with van der Waals surface area (Å²) in [6, 6.07) is 5.28. The lowest BCUT2D eigenvalue weighted by Crippen LogP contribution is -1.94. The Labute approximate surface area is 105 Å². The van der Waals surface area contributed by atoms with Crippen LogP contribution in [-0.2, 0) is 0 Å². The molecular weight excluding hydrogens is 290 g/mol. The van der Waals surface area contributed by atoms with E-state index in [9.17, 15) is 4.79 Å². The molecule has 1 aromatic heterocycles. The third-order valence-corrected chi connectivity index (χ3v) is 2.74. The smallest absolute Gasteiger partial charge is 0.392 e. The molecule has 0 atom stereocenters. The van der Waals surface area contributed by atoms with Crippen LogP contribution in [0.25, 0.3) is 11.3 Å². The number of methoxy groups -OCH3 is 1. The van der Waals surface area contributed by atoms with Gasteiger partial charge in [0.2, 0.25) is 0 Å². The average Bonchev–Trinajstić information content (AvgIpc) is 2.78. The molecule has 88 valence electrons. The Bertz CT molecular complexity index is 564. The minimum atomic E-state index is -1.19. The second kappa shape index (κ2) is 4.58. The highest BCUT2D eigenvalue weighted by Crippen LogP contribution is 2.30. The van der Waals surface area contributed by atoms with E-state index in [0.29, 0.717) is 11.5 Å². The van der Waals surface area contributed by atoms with E-state index in [2.05, 4.69) is 20.9 Å². The molecule has 17 heavy (non-hydrogen) atoms. The van der Waals surface area contributed by atoms with Gasteiger partial charge in [0.05, 0.1) is 17.8 Å². The van der Waals surface area contributed by atoms with Crippen molar-refractivity contribution in [1.29, 1.82) is 0 Å². The van der Waals surface area contributed by atoms with Crippen LogP contribution in [0.4, 0.5) is 0 Å². The highest BCUT2D eigenvalue weighted by molar-refractivity contribution is 9.10. The molecule has 5 nitrogen and oxygen atoms in total. The van der Waals surface area contributed by atoms with Gasteiger partial charge in [-0.1, -0.05) is 0 Å². The summed E-state index contributed by atoms with van der Waals surface area (Å²) in [6.45, 7) is 0. The summed E-state index contributed by atoms with van der Waals surface area (Å²) < 4.78 is 10.9. The number of hydrogen-bond acceptors (Lipinski definition) is 4. The Morgan fingerprint density at radius 2 is 2.29 bits per heavy atom. The van der Waals surface area contributed by atoms with Gasteiger partial charge in [0, 0.05) is 5.56 Å². The Balaban J connectivity index is 2.39. The first kappa shape index (κ1) is 11.7. The van der Waals surface area contributed by atoms with E-state index in [1.54, 1.807) is 25.3 Å². The molecule has 6 heteroatoms. The lowest BCUT2D eigenvalue weighted by Gasteiger charge is -2.03. The van der Waals surface area contributed by atoms with Gasteiger partial charge in [-0.05, 0) is 34.1 Å². The number of carboxylic acids is 1.